The van der Waals surface area contributed by atoms with Crippen molar-refractivity contribution >= 4 is 7.82 Å². The van der Waals surface area contributed by atoms with Crippen molar-refractivity contribution in [3.8, 4) is 0 Å². The lowest BCUT2D eigenvalue weighted by Crippen LogP contribution is -3.07. The molecule has 0 saturated heterocycles. The number of hydrogen-bond acceptors (Lipinski definition) is 4. The van der Waals surface area contributed by atoms with Crippen LogP contribution in [0.2, 0.25) is 0 Å². The summed E-state index contributed by atoms with van der Waals surface area (Å²) in [6.45, 7) is 5.22. The Morgan fingerprint density at radius 1 is 0.710 bits per heavy atom. The van der Waals surface area contributed by atoms with Gasteiger partial charge in [-0.05, 0) is 12.8 Å². The Bertz CT molecular complexity index is 420. The second-order valence-corrected chi connectivity index (χ2v) is 10.9. The Morgan fingerprint density at radius 3 is 1.52 bits per heavy atom. The van der Waals surface area contributed by atoms with Crippen molar-refractivity contribution in [2.75, 3.05) is 27.2 Å². The Kier molecular flexibility index (Phi) is 21.9. The summed E-state index contributed by atoms with van der Waals surface area (Å²) >= 11 is 0. The van der Waals surface area contributed by atoms with Gasteiger partial charge in [-0.3, -0.25) is 4.57 Å². The first-order valence-electron chi connectivity index (χ1n) is 13.3. The standard InChI is InChI=1S/C25H54NO4P/c1-5-7-8-9-10-11-12-13-14-15-16-17-18-19-20-21-23-29-31(27,28)30-25(22-6-2)24-26(3)4/h25H,5-24H2,1-4H3,(H,27,28). The molecule has 5 nitrogen and oxygen atoms in total. The van der Waals surface area contributed by atoms with Crippen LogP contribution >= 0.6 is 7.82 Å². The average Bonchev–Trinajstić information content (AvgIpc) is 2.69. The zero-order valence-corrected chi connectivity index (χ0v) is 22.2. The molecule has 1 N–H and O–H groups in total. The molecular formula is C25H54NO4P. The van der Waals surface area contributed by atoms with E-state index in [1.165, 1.54) is 88.4 Å². The van der Waals surface area contributed by atoms with Gasteiger partial charge in [-0.2, -0.15) is 0 Å². The fourth-order valence-electron chi connectivity index (χ4n) is 4.01. The minimum atomic E-state index is -4.19. The quantitative estimate of drug-likeness (QED) is 0.140. The molecule has 0 fully saturated rings. The van der Waals surface area contributed by atoms with Crippen molar-refractivity contribution in [3.05, 3.63) is 0 Å². The maximum absolute atomic E-state index is 12.0. The highest BCUT2D eigenvalue weighted by atomic mass is 31.2. The molecular weight excluding hydrogens is 409 g/mol. The molecule has 0 bridgehead atoms. The molecule has 0 spiro atoms. The van der Waals surface area contributed by atoms with Crippen molar-refractivity contribution in [2.24, 2.45) is 0 Å². The first kappa shape index (κ1) is 31.1. The SMILES string of the molecule is CCCCCCCCCCCCCCCCCCOP(=O)([O-])OC(CCC)C[NH+](C)C. The van der Waals surface area contributed by atoms with E-state index >= 15 is 0 Å². The molecule has 0 aromatic heterocycles. The highest BCUT2D eigenvalue weighted by molar-refractivity contribution is 7.45. The van der Waals surface area contributed by atoms with Crippen LogP contribution < -0.4 is 9.79 Å². The zero-order valence-electron chi connectivity index (χ0n) is 21.3. The van der Waals surface area contributed by atoms with Gasteiger partial charge in [0.25, 0.3) is 7.82 Å². The Hall–Kier alpha value is 0.0700. The van der Waals surface area contributed by atoms with E-state index in [-0.39, 0.29) is 12.7 Å². The van der Waals surface area contributed by atoms with Gasteiger partial charge in [-0.15, -0.1) is 0 Å². The van der Waals surface area contributed by atoms with Gasteiger partial charge >= 0.3 is 0 Å². The minimum Gasteiger partial charge on any atom is -0.756 e. The van der Waals surface area contributed by atoms with E-state index in [4.69, 9.17) is 9.05 Å². The lowest BCUT2D eigenvalue weighted by molar-refractivity contribution is -0.861. The summed E-state index contributed by atoms with van der Waals surface area (Å²) in [5.74, 6) is 0. The van der Waals surface area contributed by atoms with Crippen LogP contribution in [0, 0.1) is 0 Å². The van der Waals surface area contributed by atoms with Crippen LogP contribution in [0.5, 0.6) is 0 Å². The summed E-state index contributed by atoms with van der Waals surface area (Å²) in [6.07, 6.45) is 22.2. The number of phosphoric acid groups is 1. The highest BCUT2D eigenvalue weighted by Gasteiger charge is 2.20. The topological polar surface area (TPSA) is 63.0 Å². The van der Waals surface area contributed by atoms with Gasteiger partial charge in [0.15, 0.2) is 0 Å². The molecule has 0 radical (unpaired) electrons. The number of quaternary nitrogens is 1. The summed E-state index contributed by atoms with van der Waals surface area (Å²) in [5, 5.41) is 0. The Morgan fingerprint density at radius 2 is 1.13 bits per heavy atom. The first-order chi connectivity index (χ1) is 14.9. The van der Waals surface area contributed by atoms with Gasteiger partial charge in [0.1, 0.15) is 12.6 Å². The van der Waals surface area contributed by atoms with Crippen LogP contribution in [0.25, 0.3) is 0 Å². The predicted molar refractivity (Wildman–Crippen MR) is 131 cm³/mol. The van der Waals surface area contributed by atoms with Crippen LogP contribution in [0.1, 0.15) is 129 Å². The molecule has 0 aromatic carbocycles. The summed E-state index contributed by atoms with van der Waals surface area (Å²) in [7, 11) is -0.190. The van der Waals surface area contributed by atoms with Crippen molar-refractivity contribution < 1.29 is 23.4 Å². The van der Waals surface area contributed by atoms with Gasteiger partial charge in [0, 0.05) is 0 Å². The maximum atomic E-state index is 12.0. The van der Waals surface area contributed by atoms with Crippen molar-refractivity contribution in [1.82, 2.24) is 0 Å². The van der Waals surface area contributed by atoms with Crippen LogP contribution in [0.4, 0.5) is 0 Å². The van der Waals surface area contributed by atoms with Crippen LogP contribution in [-0.4, -0.2) is 33.4 Å². The molecule has 0 rings (SSSR count). The lowest BCUT2D eigenvalue weighted by atomic mass is 10.0. The molecule has 0 heterocycles. The number of rotatable bonds is 24. The van der Waals surface area contributed by atoms with Gasteiger partial charge in [0.05, 0.1) is 20.7 Å². The van der Waals surface area contributed by atoms with Crippen molar-refractivity contribution in [1.29, 1.82) is 0 Å². The van der Waals surface area contributed by atoms with Gasteiger partial charge in [0.2, 0.25) is 0 Å². The molecule has 0 saturated carbocycles. The molecule has 6 heteroatoms. The van der Waals surface area contributed by atoms with E-state index < -0.39 is 7.82 Å². The monoisotopic (exact) mass is 463 g/mol. The van der Waals surface area contributed by atoms with E-state index in [9.17, 15) is 9.46 Å². The molecule has 0 aliphatic rings. The third-order valence-electron chi connectivity index (χ3n) is 5.77. The number of nitrogens with one attached hydrogen (secondary N) is 1. The molecule has 0 aliphatic heterocycles. The van der Waals surface area contributed by atoms with Crippen molar-refractivity contribution in [2.45, 2.75) is 136 Å². The van der Waals surface area contributed by atoms with Gasteiger partial charge < -0.3 is 18.8 Å². The van der Waals surface area contributed by atoms with E-state index in [0.717, 1.165) is 32.1 Å². The fourth-order valence-corrected chi connectivity index (χ4v) is 4.97. The van der Waals surface area contributed by atoms with E-state index in [1.54, 1.807) is 0 Å². The second-order valence-electron chi connectivity index (χ2n) is 9.51. The van der Waals surface area contributed by atoms with E-state index in [1.807, 2.05) is 21.0 Å². The van der Waals surface area contributed by atoms with Crippen LogP contribution in [0.3, 0.4) is 0 Å². The molecule has 188 valence electrons. The van der Waals surface area contributed by atoms with Gasteiger partial charge in [-0.1, -0.05) is 117 Å². The largest absolute Gasteiger partial charge is 0.756 e. The zero-order chi connectivity index (χ0) is 23.2. The number of unbranched alkanes of at least 4 members (excludes halogenated alkanes) is 15. The normalized spacial score (nSPS) is 14.8. The molecule has 31 heavy (non-hydrogen) atoms. The smallest absolute Gasteiger partial charge is 0.268 e. The van der Waals surface area contributed by atoms with E-state index in [2.05, 4.69) is 6.92 Å². The fraction of sp³-hybridized carbons (Fsp3) is 1.00. The summed E-state index contributed by atoms with van der Waals surface area (Å²) in [4.78, 5) is 13.2. The maximum Gasteiger partial charge on any atom is 0.268 e. The minimum absolute atomic E-state index is 0.243. The van der Waals surface area contributed by atoms with Gasteiger partial charge in [-0.25, -0.2) is 0 Å². The third kappa shape index (κ3) is 23.0. The van der Waals surface area contributed by atoms with Crippen LogP contribution in [-0.2, 0) is 13.6 Å². The first-order valence-corrected chi connectivity index (χ1v) is 14.8. The predicted octanol–water partition coefficient (Wildman–Crippen LogP) is 6.06. The summed E-state index contributed by atoms with van der Waals surface area (Å²) < 4.78 is 22.4. The summed E-state index contributed by atoms with van der Waals surface area (Å²) in [6, 6.07) is 0. The van der Waals surface area contributed by atoms with Crippen molar-refractivity contribution in [3.63, 3.8) is 0 Å². The third-order valence-corrected chi connectivity index (χ3v) is 6.83. The molecule has 2 atom stereocenters. The van der Waals surface area contributed by atoms with Crippen LogP contribution in [0.15, 0.2) is 0 Å². The number of hydrogen-bond donors (Lipinski definition) is 1. The average molecular weight is 464 g/mol. The second kappa shape index (κ2) is 21.9. The lowest BCUT2D eigenvalue weighted by Gasteiger charge is -2.28. The highest BCUT2D eigenvalue weighted by Crippen LogP contribution is 2.40. The number of phosphoric ester groups is 1. The molecule has 0 aromatic rings. The molecule has 0 amide bonds. The molecule has 0 aliphatic carbocycles. The number of likely N-dealkylation sites (N-methyl/N-ethyl adjacent to an activating group) is 1. The Balaban J connectivity index is 3.47. The van der Waals surface area contributed by atoms with E-state index in [0.29, 0.717) is 6.54 Å². The summed E-state index contributed by atoms with van der Waals surface area (Å²) in [5.41, 5.74) is 0. The Labute approximate surface area is 194 Å². The molecule has 2 unspecified atom stereocenters.